The lowest BCUT2D eigenvalue weighted by Crippen LogP contribution is -2.56. The number of ether oxygens (including phenoxy) is 1. The molecule has 2 aliphatic heterocycles. The van der Waals surface area contributed by atoms with Crippen molar-refractivity contribution in [3.8, 4) is 5.75 Å². The van der Waals surface area contributed by atoms with E-state index < -0.39 is 0 Å². The maximum atomic E-state index is 12.1. The number of nitrogens with zero attached hydrogens (tertiary/aromatic N) is 3. The second-order valence-electron chi connectivity index (χ2n) is 6.89. The minimum atomic E-state index is 0.226. The van der Waals surface area contributed by atoms with Crippen molar-refractivity contribution in [1.82, 2.24) is 15.1 Å². The highest BCUT2D eigenvalue weighted by molar-refractivity contribution is 5.78. The molecule has 1 aromatic carbocycles. The Hall–Kier alpha value is -1.79. The molecule has 1 atom stereocenters. The third-order valence-electron chi connectivity index (χ3n) is 5.35. The van der Waals surface area contributed by atoms with Crippen LogP contribution in [0.1, 0.15) is 12.8 Å². The maximum Gasteiger partial charge on any atom is 0.236 e. The summed E-state index contributed by atoms with van der Waals surface area (Å²) in [6, 6.07) is 8.82. The summed E-state index contributed by atoms with van der Waals surface area (Å²) in [5, 5.41) is 2.97. The fourth-order valence-electron chi connectivity index (χ4n) is 3.88. The first kappa shape index (κ1) is 18.0. The SMILES string of the molecule is CNCC(=O)N1CCC[C@@H](N2CCN(c3ccc(OC)cc3)CC2)C1. The normalized spacial score (nSPS) is 22.1. The van der Waals surface area contributed by atoms with Crippen molar-refractivity contribution in [2.24, 2.45) is 0 Å². The third-order valence-corrected chi connectivity index (χ3v) is 5.35. The second-order valence-corrected chi connectivity index (χ2v) is 6.89. The topological polar surface area (TPSA) is 48.1 Å². The number of likely N-dealkylation sites (tertiary alicyclic amines) is 1. The summed E-state index contributed by atoms with van der Waals surface area (Å²) in [7, 11) is 3.53. The summed E-state index contributed by atoms with van der Waals surface area (Å²) in [6.07, 6.45) is 2.31. The molecule has 2 fully saturated rings. The minimum absolute atomic E-state index is 0.226. The van der Waals surface area contributed by atoms with Crippen LogP contribution in [-0.2, 0) is 4.79 Å². The molecule has 1 N–H and O–H groups in total. The second kappa shape index (κ2) is 8.54. The highest BCUT2D eigenvalue weighted by atomic mass is 16.5. The monoisotopic (exact) mass is 346 g/mol. The molecule has 0 bridgehead atoms. The molecular formula is C19H30N4O2. The molecule has 0 radical (unpaired) electrons. The van der Waals surface area contributed by atoms with Crippen LogP contribution in [0.2, 0.25) is 0 Å². The lowest BCUT2D eigenvalue weighted by molar-refractivity contribution is -0.132. The van der Waals surface area contributed by atoms with Crippen molar-refractivity contribution >= 4 is 11.6 Å². The van der Waals surface area contributed by atoms with Crippen molar-refractivity contribution in [2.75, 3.05) is 64.9 Å². The lowest BCUT2D eigenvalue weighted by Gasteiger charge is -2.44. The number of nitrogens with one attached hydrogen (secondary N) is 1. The summed E-state index contributed by atoms with van der Waals surface area (Å²) in [5.41, 5.74) is 1.26. The van der Waals surface area contributed by atoms with Gasteiger partial charge in [-0.25, -0.2) is 0 Å². The number of likely N-dealkylation sites (N-methyl/N-ethyl adjacent to an activating group) is 1. The molecule has 6 heteroatoms. The maximum absolute atomic E-state index is 12.1. The fraction of sp³-hybridized carbons (Fsp3) is 0.632. The first-order valence-corrected chi connectivity index (χ1v) is 9.26. The molecule has 138 valence electrons. The number of amides is 1. The molecule has 1 amide bonds. The zero-order valence-corrected chi connectivity index (χ0v) is 15.4. The Bertz CT molecular complexity index is 555. The molecule has 2 saturated heterocycles. The number of hydrogen-bond acceptors (Lipinski definition) is 5. The van der Waals surface area contributed by atoms with E-state index in [1.54, 1.807) is 7.11 Å². The number of rotatable bonds is 5. The van der Waals surface area contributed by atoms with Crippen LogP contribution in [0.15, 0.2) is 24.3 Å². The smallest absolute Gasteiger partial charge is 0.236 e. The Kier molecular flexibility index (Phi) is 6.15. The average molecular weight is 346 g/mol. The summed E-state index contributed by atoms with van der Waals surface area (Å²) in [5.74, 6) is 1.12. The molecule has 3 rings (SSSR count). The van der Waals surface area contributed by atoms with E-state index in [-0.39, 0.29) is 5.91 Å². The zero-order chi connectivity index (χ0) is 17.6. The molecule has 1 aromatic rings. The van der Waals surface area contributed by atoms with Crippen LogP contribution in [0.5, 0.6) is 5.75 Å². The van der Waals surface area contributed by atoms with Crippen LogP contribution in [-0.4, -0.2) is 81.7 Å². The largest absolute Gasteiger partial charge is 0.497 e. The standard InChI is InChI=1S/C19H30N4O2/c1-20-14-19(24)23-9-3-4-17(15-23)22-12-10-21(11-13-22)16-5-7-18(25-2)8-6-16/h5-8,17,20H,3-4,9-15H2,1-2H3/t17-/m1/s1. The van der Waals surface area contributed by atoms with Crippen LogP contribution in [0.4, 0.5) is 5.69 Å². The van der Waals surface area contributed by atoms with Gasteiger partial charge in [0, 0.05) is 51.0 Å². The van der Waals surface area contributed by atoms with Crippen molar-refractivity contribution < 1.29 is 9.53 Å². The summed E-state index contributed by atoms with van der Waals surface area (Å²) in [6.45, 7) is 6.42. The van der Waals surface area contributed by atoms with E-state index >= 15 is 0 Å². The molecule has 0 aliphatic carbocycles. The van der Waals surface area contributed by atoms with Gasteiger partial charge in [0.25, 0.3) is 0 Å². The van der Waals surface area contributed by atoms with E-state index in [1.165, 1.54) is 12.1 Å². The van der Waals surface area contributed by atoms with Gasteiger partial charge < -0.3 is 19.9 Å². The van der Waals surface area contributed by atoms with Crippen LogP contribution in [0.25, 0.3) is 0 Å². The van der Waals surface area contributed by atoms with Crippen molar-refractivity contribution in [3.05, 3.63) is 24.3 Å². The quantitative estimate of drug-likeness (QED) is 0.863. The Morgan fingerprint density at radius 2 is 1.88 bits per heavy atom. The summed E-state index contributed by atoms with van der Waals surface area (Å²) < 4.78 is 5.24. The van der Waals surface area contributed by atoms with Crippen molar-refractivity contribution in [2.45, 2.75) is 18.9 Å². The van der Waals surface area contributed by atoms with Gasteiger partial charge in [-0.15, -0.1) is 0 Å². The highest BCUT2D eigenvalue weighted by Gasteiger charge is 2.29. The number of anilines is 1. The number of benzene rings is 1. The van der Waals surface area contributed by atoms with E-state index in [0.717, 1.165) is 51.4 Å². The molecule has 2 aliphatic rings. The Labute approximate surface area is 150 Å². The van der Waals surface area contributed by atoms with E-state index in [9.17, 15) is 4.79 Å². The van der Waals surface area contributed by atoms with E-state index in [0.29, 0.717) is 12.6 Å². The number of methoxy groups -OCH3 is 1. The predicted octanol–water partition coefficient (Wildman–Crippen LogP) is 1.03. The molecule has 0 unspecified atom stereocenters. The lowest BCUT2D eigenvalue weighted by atomic mass is 10.0. The van der Waals surface area contributed by atoms with Gasteiger partial charge in [-0.05, 0) is 44.2 Å². The van der Waals surface area contributed by atoms with E-state index in [1.807, 2.05) is 24.1 Å². The van der Waals surface area contributed by atoms with Gasteiger partial charge in [0.15, 0.2) is 0 Å². The molecular weight excluding hydrogens is 316 g/mol. The molecule has 0 spiro atoms. The van der Waals surface area contributed by atoms with Gasteiger partial charge in [0.2, 0.25) is 5.91 Å². The number of carbonyl (C=O) groups is 1. The molecule has 2 heterocycles. The van der Waals surface area contributed by atoms with Gasteiger partial charge in [-0.3, -0.25) is 9.69 Å². The van der Waals surface area contributed by atoms with Crippen LogP contribution in [0.3, 0.4) is 0 Å². The molecule has 6 nitrogen and oxygen atoms in total. The Morgan fingerprint density at radius 3 is 2.52 bits per heavy atom. The van der Waals surface area contributed by atoms with Crippen molar-refractivity contribution in [1.29, 1.82) is 0 Å². The first-order chi connectivity index (χ1) is 12.2. The van der Waals surface area contributed by atoms with Gasteiger partial charge in [0.1, 0.15) is 5.75 Å². The van der Waals surface area contributed by atoms with Gasteiger partial charge in [-0.1, -0.05) is 0 Å². The summed E-state index contributed by atoms with van der Waals surface area (Å²) >= 11 is 0. The fourth-order valence-corrected chi connectivity index (χ4v) is 3.88. The van der Waals surface area contributed by atoms with E-state index in [2.05, 4.69) is 27.2 Å². The predicted molar refractivity (Wildman–Crippen MR) is 100 cm³/mol. The van der Waals surface area contributed by atoms with Crippen LogP contribution < -0.4 is 15.0 Å². The highest BCUT2D eigenvalue weighted by Crippen LogP contribution is 2.23. The van der Waals surface area contributed by atoms with Gasteiger partial charge in [0.05, 0.1) is 13.7 Å². The Balaban J connectivity index is 1.52. The van der Waals surface area contributed by atoms with Gasteiger partial charge in [-0.2, -0.15) is 0 Å². The number of piperazine rings is 1. The zero-order valence-electron chi connectivity index (χ0n) is 15.4. The number of hydrogen-bond donors (Lipinski definition) is 1. The van der Waals surface area contributed by atoms with E-state index in [4.69, 9.17) is 4.74 Å². The average Bonchev–Trinajstić information content (AvgIpc) is 2.68. The van der Waals surface area contributed by atoms with Gasteiger partial charge >= 0.3 is 0 Å². The third kappa shape index (κ3) is 4.44. The first-order valence-electron chi connectivity index (χ1n) is 9.26. The number of carbonyl (C=O) groups excluding carboxylic acids is 1. The number of piperidine rings is 1. The minimum Gasteiger partial charge on any atom is -0.497 e. The molecule has 0 aromatic heterocycles. The molecule has 25 heavy (non-hydrogen) atoms. The summed E-state index contributed by atoms with van der Waals surface area (Å²) in [4.78, 5) is 19.2. The van der Waals surface area contributed by atoms with Crippen molar-refractivity contribution in [3.63, 3.8) is 0 Å². The van der Waals surface area contributed by atoms with Crippen LogP contribution in [0, 0.1) is 0 Å². The van der Waals surface area contributed by atoms with Crippen LogP contribution >= 0.6 is 0 Å². The molecule has 0 saturated carbocycles. The Morgan fingerprint density at radius 1 is 1.16 bits per heavy atom.